The van der Waals surface area contributed by atoms with Crippen molar-refractivity contribution >= 4 is 11.6 Å². The van der Waals surface area contributed by atoms with Gasteiger partial charge in [0, 0.05) is 0 Å². The van der Waals surface area contributed by atoms with Gasteiger partial charge in [-0.2, -0.15) is 0 Å². The molecule has 0 aliphatic heterocycles. The van der Waals surface area contributed by atoms with E-state index in [4.69, 9.17) is 21.8 Å². The van der Waals surface area contributed by atoms with Crippen molar-refractivity contribution in [1.29, 1.82) is 0 Å². The molecule has 74 valence electrons. The van der Waals surface area contributed by atoms with E-state index < -0.39 is 0 Å². The smallest absolute Gasteiger partial charge is 0.155 e. The van der Waals surface area contributed by atoms with Crippen molar-refractivity contribution in [1.82, 2.24) is 9.97 Å². The lowest BCUT2D eigenvalue weighted by Gasteiger charge is -1.89. The quantitative estimate of drug-likeness (QED) is 0.799. The Balaban J connectivity index is 2.45. The van der Waals surface area contributed by atoms with Crippen LogP contribution in [0.1, 0.15) is 11.6 Å². The maximum atomic E-state index is 5.93. The molecule has 4 nitrogen and oxygen atoms in total. The van der Waals surface area contributed by atoms with Crippen LogP contribution in [-0.4, -0.2) is 9.97 Å². The molecular formula is C9H10ClN3O. The normalized spacial score (nSPS) is 10.8. The van der Waals surface area contributed by atoms with Crippen LogP contribution < -0.4 is 5.73 Å². The fourth-order valence-electron chi connectivity index (χ4n) is 1.22. The number of hydrogen-bond donors (Lipinski definition) is 2. The number of furan rings is 1. The van der Waals surface area contributed by atoms with Crippen molar-refractivity contribution in [3.63, 3.8) is 0 Å². The third kappa shape index (κ3) is 1.54. The second-order valence-corrected chi connectivity index (χ2v) is 3.34. The molecule has 0 unspecified atom stereocenters. The zero-order valence-electron chi connectivity index (χ0n) is 7.67. The minimum Gasteiger partial charge on any atom is -0.460 e. The predicted octanol–water partition coefficient (Wildman–Crippen LogP) is 2.09. The van der Waals surface area contributed by atoms with E-state index in [0.29, 0.717) is 29.0 Å². The topological polar surface area (TPSA) is 67.8 Å². The Morgan fingerprint density at radius 1 is 1.57 bits per heavy atom. The Labute approximate surface area is 86.1 Å². The van der Waals surface area contributed by atoms with Crippen LogP contribution in [0, 0.1) is 6.92 Å². The first-order valence-electron chi connectivity index (χ1n) is 4.22. The minimum absolute atomic E-state index is 0.333. The van der Waals surface area contributed by atoms with Crippen molar-refractivity contribution < 1.29 is 4.42 Å². The van der Waals surface area contributed by atoms with E-state index in [1.165, 1.54) is 0 Å². The summed E-state index contributed by atoms with van der Waals surface area (Å²) in [4.78, 5) is 7.08. The van der Waals surface area contributed by atoms with Gasteiger partial charge in [-0.05, 0) is 19.1 Å². The number of nitrogens with zero attached hydrogens (tertiary/aromatic N) is 1. The first-order valence-corrected chi connectivity index (χ1v) is 4.59. The number of hydrogen-bond acceptors (Lipinski definition) is 3. The SMILES string of the molecule is Cc1ccc(-c2nc(CN)[nH]c2Cl)o1. The van der Waals surface area contributed by atoms with E-state index in [9.17, 15) is 0 Å². The fraction of sp³-hybridized carbons (Fsp3) is 0.222. The van der Waals surface area contributed by atoms with Gasteiger partial charge in [0.2, 0.25) is 0 Å². The lowest BCUT2D eigenvalue weighted by molar-refractivity contribution is 0.546. The van der Waals surface area contributed by atoms with E-state index in [1.54, 1.807) is 0 Å². The highest BCUT2D eigenvalue weighted by Crippen LogP contribution is 2.26. The number of H-pyrrole nitrogens is 1. The number of nitrogens with one attached hydrogen (secondary N) is 1. The predicted molar refractivity (Wildman–Crippen MR) is 53.9 cm³/mol. The van der Waals surface area contributed by atoms with Gasteiger partial charge in [-0.15, -0.1) is 0 Å². The molecule has 0 radical (unpaired) electrons. The summed E-state index contributed by atoms with van der Waals surface area (Å²) in [5.74, 6) is 2.14. The van der Waals surface area contributed by atoms with Gasteiger partial charge in [0.15, 0.2) is 5.76 Å². The lowest BCUT2D eigenvalue weighted by atomic mass is 10.3. The zero-order chi connectivity index (χ0) is 10.1. The zero-order valence-corrected chi connectivity index (χ0v) is 8.43. The van der Waals surface area contributed by atoms with Crippen molar-refractivity contribution in [3.05, 3.63) is 28.9 Å². The fourth-order valence-corrected chi connectivity index (χ4v) is 1.46. The summed E-state index contributed by atoms with van der Waals surface area (Å²) in [6.45, 7) is 2.20. The van der Waals surface area contributed by atoms with Gasteiger partial charge in [-0.25, -0.2) is 4.98 Å². The van der Waals surface area contributed by atoms with Crippen LogP contribution in [-0.2, 0) is 6.54 Å². The van der Waals surface area contributed by atoms with Crippen molar-refractivity contribution in [2.24, 2.45) is 5.73 Å². The summed E-state index contributed by atoms with van der Waals surface area (Å²) in [5, 5.41) is 0.458. The lowest BCUT2D eigenvalue weighted by Crippen LogP contribution is -1.97. The molecule has 2 aromatic rings. The van der Waals surface area contributed by atoms with Crippen LogP contribution >= 0.6 is 11.6 Å². The minimum atomic E-state index is 0.333. The Bertz CT molecular complexity index is 447. The molecule has 0 atom stereocenters. The number of aromatic amines is 1. The largest absolute Gasteiger partial charge is 0.460 e. The van der Waals surface area contributed by atoms with Crippen LogP contribution in [0.3, 0.4) is 0 Å². The summed E-state index contributed by atoms with van der Waals surface area (Å²) in [5.41, 5.74) is 6.04. The molecule has 2 rings (SSSR count). The molecule has 0 saturated carbocycles. The summed E-state index contributed by atoms with van der Waals surface area (Å²) < 4.78 is 5.40. The van der Waals surface area contributed by atoms with Gasteiger partial charge in [0.1, 0.15) is 22.4 Å². The van der Waals surface area contributed by atoms with E-state index in [0.717, 1.165) is 5.76 Å². The summed E-state index contributed by atoms with van der Waals surface area (Å²) in [6.07, 6.45) is 0. The van der Waals surface area contributed by atoms with E-state index in [1.807, 2.05) is 19.1 Å². The standard InChI is InChI=1S/C9H10ClN3O/c1-5-2-3-6(14-5)8-9(10)13-7(4-11)12-8/h2-3H,4,11H2,1H3,(H,12,13). The molecule has 5 heteroatoms. The third-order valence-corrected chi connectivity index (χ3v) is 2.15. The second kappa shape index (κ2) is 3.48. The molecule has 0 bridgehead atoms. The molecule has 0 amide bonds. The summed E-state index contributed by atoms with van der Waals surface area (Å²) in [6, 6.07) is 3.69. The second-order valence-electron chi connectivity index (χ2n) is 2.96. The molecular weight excluding hydrogens is 202 g/mol. The Morgan fingerprint density at radius 3 is 2.86 bits per heavy atom. The van der Waals surface area contributed by atoms with Crippen LogP contribution in [0.4, 0.5) is 0 Å². The molecule has 2 aromatic heterocycles. The maximum absolute atomic E-state index is 5.93. The van der Waals surface area contributed by atoms with Gasteiger partial charge < -0.3 is 15.1 Å². The molecule has 3 N–H and O–H groups in total. The van der Waals surface area contributed by atoms with Crippen molar-refractivity contribution in [3.8, 4) is 11.5 Å². The molecule has 0 saturated heterocycles. The molecule has 0 spiro atoms. The summed E-state index contributed by atoms with van der Waals surface area (Å²) >= 11 is 5.93. The van der Waals surface area contributed by atoms with E-state index >= 15 is 0 Å². The van der Waals surface area contributed by atoms with Crippen LogP contribution in [0.2, 0.25) is 5.15 Å². The van der Waals surface area contributed by atoms with Crippen molar-refractivity contribution in [2.75, 3.05) is 0 Å². The first-order chi connectivity index (χ1) is 6.70. The Kier molecular flexibility index (Phi) is 2.31. The molecule has 0 fully saturated rings. The van der Waals surface area contributed by atoms with Gasteiger partial charge in [0.25, 0.3) is 0 Å². The Morgan fingerprint density at radius 2 is 2.36 bits per heavy atom. The van der Waals surface area contributed by atoms with Crippen molar-refractivity contribution in [2.45, 2.75) is 13.5 Å². The molecule has 0 aliphatic carbocycles. The number of halogens is 1. The van der Waals surface area contributed by atoms with Crippen LogP contribution in [0.5, 0.6) is 0 Å². The summed E-state index contributed by atoms with van der Waals surface area (Å²) in [7, 11) is 0. The number of rotatable bonds is 2. The van der Waals surface area contributed by atoms with E-state index in [2.05, 4.69) is 9.97 Å². The van der Waals surface area contributed by atoms with Crippen LogP contribution in [0.15, 0.2) is 16.5 Å². The highest BCUT2D eigenvalue weighted by atomic mass is 35.5. The van der Waals surface area contributed by atoms with Gasteiger partial charge >= 0.3 is 0 Å². The van der Waals surface area contributed by atoms with Crippen LogP contribution in [0.25, 0.3) is 11.5 Å². The number of aryl methyl sites for hydroxylation is 1. The van der Waals surface area contributed by atoms with E-state index in [-0.39, 0.29) is 0 Å². The highest BCUT2D eigenvalue weighted by Gasteiger charge is 2.12. The monoisotopic (exact) mass is 211 g/mol. The van der Waals surface area contributed by atoms with Gasteiger partial charge in [-0.1, -0.05) is 11.6 Å². The number of imidazole rings is 1. The number of aromatic nitrogens is 2. The highest BCUT2D eigenvalue weighted by molar-refractivity contribution is 6.31. The van der Waals surface area contributed by atoms with Gasteiger partial charge in [0.05, 0.1) is 6.54 Å². The molecule has 0 aromatic carbocycles. The molecule has 14 heavy (non-hydrogen) atoms. The van der Waals surface area contributed by atoms with Gasteiger partial charge in [-0.3, -0.25) is 0 Å². The third-order valence-electron chi connectivity index (χ3n) is 1.88. The molecule has 0 aliphatic rings. The first kappa shape index (κ1) is 9.30. The molecule has 2 heterocycles. The maximum Gasteiger partial charge on any atom is 0.155 e. The Hall–Kier alpha value is -1.26. The number of nitrogens with two attached hydrogens (primary N) is 1. The average Bonchev–Trinajstić information content (AvgIpc) is 2.71. The average molecular weight is 212 g/mol.